The van der Waals surface area contributed by atoms with Crippen molar-refractivity contribution in [3.05, 3.63) is 0 Å². The zero-order valence-corrected chi connectivity index (χ0v) is 9.42. The fraction of sp³-hybridized carbons (Fsp3) is 0.900. The average molecular weight is 186 g/mol. The van der Waals surface area contributed by atoms with E-state index < -0.39 is 0 Å². The van der Waals surface area contributed by atoms with Gasteiger partial charge in [0.05, 0.1) is 5.54 Å². The maximum absolute atomic E-state index is 5.83. The maximum atomic E-state index is 5.83. The van der Waals surface area contributed by atoms with Crippen molar-refractivity contribution in [2.75, 3.05) is 7.11 Å². The third-order valence-corrected chi connectivity index (χ3v) is 1.63. The van der Waals surface area contributed by atoms with E-state index >= 15 is 0 Å². The molecule has 0 heterocycles. The molecule has 0 aliphatic rings. The van der Waals surface area contributed by atoms with Crippen LogP contribution >= 0.6 is 0 Å². The lowest BCUT2D eigenvalue weighted by molar-refractivity contribution is 0.146. The molecule has 78 valence electrons. The minimum atomic E-state index is -0.116. The Morgan fingerprint density at radius 2 is 2.00 bits per heavy atom. The number of rotatable bonds is 4. The smallest absolute Gasteiger partial charge is 0.124 e. The Kier molecular flexibility index (Phi) is 4.99. The number of aliphatic imine (C=N–C) groups is 1. The molecule has 3 heteroatoms. The van der Waals surface area contributed by atoms with E-state index in [4.69, 9.17) is 10.5 Å². The SMILES string of the molecule is CCCC(OC)C(N)=NC(C)(C)C. The molecule has 0 bridgehead atoms. The summed E-state index contributed by atoms with van der Waals surface area (Å²) >= 11 is 0. The van der Waals surface area contributed by atoms with Crippen molar-refractivity contribution in [1.82, 2.24) is 0 Å². The van der Waals surface area contributed by atoms with Crippen LogP contribution in [-0.4, -0.2) is 24.6 Å². The Morgan fingerprint density at radius 1 is 1.46 bits per heavy atom. The molecule has 0 spiro atoms. The van der Waals surface area contributed by atoms with Gasteiger partial charge in [0.2, 0.25) is 0 Å². The monoisotopic (exact) mass is 186 g/mol. The average Bonchev–Trinajstić information content (AvgIpc) is 1.96. The highest BCUT2D eigenvalue weighted by Gasteiger charge is 2.15. The molecule has 0 fully saturated rings. The molecule has 0 aliphatic heterocycles. The molecule has 13 heavy (non-hydrogen) atoms. The topological polar surface area (TPSA) is 47.6 Å². The number of nitrogens with two attached hydrogens (primary N) is 1. The molecule has 0 saturated carbocycles. The van der Waals surface area contributed by atoms with Crippen LogP contribution in [0, 0.1) is 0 Å². The van der Waals surface area contributed by atoms with Gasteiger partial charge in [-0.1, -0.05) is 13.3 Å². The molecular weight excluding hydrogens is 164 g/mol. The summed E-state index contributed by atoms with van der Waals surface area (Å²) in [5.41, 5.74) is 5.71. The van der Waals surface area contributed by atoms with Crippen molar-refractivity contribution >= 4 is 5.84 Å². The lowest BCUT2D eigenvalue weighted by Gasteiger charge is -2.19. The van der Waals surface area contributed by atoms with Crippen LogP contribution in [-0.2, 0) is 4.74 Å². The summed E-state index contributed by atoms with van der Waals surface area (Å²) < 4.78 is 5.24. The summed E-state index contributed by atoms with van der Waals surface area (Å²) in [6.07, 6.45) is 1.96. The molecule has 2 N–H and O–H groups in total. The van der Waals surface area contributed by atoms with Crippen molar-refractivity contribution in [3.8, 4) is 0 Å². The first-order valence-corrected chi connectivity index (χ1v) is 4.78. The second kappa shape index (κ2) is 5.22. The highest BCUT2D eigenvalue weighted by atomic mass is 16.5. The van der Waals surface area contributed by atoms with Gasteiger partial charge in [-0.3, -0.25) is 4.99 Å². The fourth-order valence-electron chi connectivity index (χ4n) is 1.11. The first kappa shape index (κ1) is 12.4. The fourth-order valence-corrected chi connectivity index (χ4v) is 1.11. The summed E-state index contributed by atoms with van der Waals surface area (Å²) in [5.74, 6) is 0.608. The minimum absolute atomic E-state index is 0.0239. The van der Waals surface area contributed by atoms with Gasteiger partial charge < -0.3 is 10.5 Å². The summed E-state index contributed by atoms with van der Waals surface area (Å²) in [4.78, 5) is 4.37. The van der Waals surface area contributed by atoms with Gasteiger partial charge in [-0.05, 0) is 27.2 Å². The Labute approximate surface area is 81.4 Å². The molecule has 0 rings (SSSR count). The first-order valence-electron chi connectivity index (χ1n) is 4.78. The van der Waals surface area contributed by atoms with E-state index in [1.54, 1.807) is 7.11 Å². The second-order valence-electron chi connectivity index (χ2n) is 4.22. The Balaban J connectivity index is 4.35. The third-order valence-electron chi connectivity index (χ3n) is 1.63. The van der Waals surface area contributed by atoms with Crippen molar-refractivity contribution < 1.29 is 4.74 Å². The van der Waals surface area contributed by atoms with Crippen LogP contribution in [0.25, 0.3) is 0 Å². The van der Waals surface area contributed by atoms with Gasteiger partial charge in [0.1, 0.15) is 11.9 Å². The van der Waals surface area contributed by atoms with E-state index in [0.717, 1.165) is 12.8 Å². The largest absolute Gasteiger partial charge is 0.385 e. The van der Waals surface area contributed by atoms with E-state index in [0.29, 0.717) is 5.84 Å². The van der Waals surface area contributed by atoms with Crippen molar-refractivity contribution in [2.45, 2.75) is 52.2 Å². The molecule has 3 nitrogen and oxygen atoms in total. The van der Waals surface area contributed by atoms with E-state index in [1.165, 1.54) is 0 Å². The number of ether oxygens (including phenoxy) is 1. The van der Waals surface area contributed by atoms with Crippen LogP contribution in [0.4, 0.5) is 0 Å². The molecule has 1 unspecified atom stereocenters. The summed E-state index contributed by atoms with van der Waals surface area (Å²) in [5, 5.41) is 0. The van der Waals surface area contributed by atoms with Crippen molar-refractivity contribution in [2.24, 2.45) is 10.7 Å². The third kappa shape index (κ3) is 5.64. The highest BCUT2D eigenvalue weighted by molar-refractivity contribution is 5.85. The van der Waals surface area contributed by atoms with Gasteiger partial charge in [-0.2, -0.15) is 0 Å². The summed E-state index contributed by atoms with van der Waals surface area (Å²) in [6.45, 7) is 8.19. The van der Waals surface area contributed by atoms with Gasteiger partial charge in [-0.15, -0.1) is 0 Å². The molecule has 1 atom stereocenters. The van der Waals surface area contributed by atoms with E-state index in [9.17, 15) is 0 Å². The normalized spacial score (nSPS) is 15.9. The van der Waals surface area contributed by atoms with Crippen LogP contribution in [0.3, 0.4) is 0 Å². The molecule has 0 radical (unpaired) electrons. The summed E-state index contributed by atoms with van der Waals surface area (Å²) in [7, 11) is 1.67. The van der Waals surface area contributed by atoms with Crippen LogP contribution in [0.5, 0.6) is 0 Å². The first-order chi connectivity index (χ1) is 5.90. The van der Waals surface area contributed by atoms with Gasteiger partial charge in [0.15, 0.2) is 0 Å². The summed E-state index contributed by atoms with van der Waals surface area (Å²) in [6, 6.07) is 0. The minimum Gasteiger partial charge on any atom is -0.385 e. The lowest BCUT2D eigenvalue weighted by Crippen LogP contribution is -2.33. The molecule has 0 aromatic rings. The van der Waals surface area contributed by atoms with E-state index in [1.807, 2.05) is 20.8 Å². The van der Waals surface area contributed by atoms with Crippen molar-refractivity contribution in [1.29, 1.82) is 0 Å². The van der Waals surface area contributed by atoms with Gasteiger partial charge >= 0.3 is 0 Å². The number of hydrogen-bond acceptors (Lipinski definition) is 2. The van der Waals surface area contributed by atoms with Crippen LogP contribution in [0.2, 0.25) is 0 Å². The standard InChI is InChI=1S/C10H22N2O/c1-6-7-8(13-5)9(11)12-10(2,3)4/h8H,6-7H2,1-5H3,(H2,11,12). The molecular formula is C10H22N2O. The molecule has 0 amide bonds. The van der Waals surface area contributed by atoms with E-state index in [-0.39, 0.29) is 11.6 Å². The molecule has 0 aromatic carbocycles. The second-order valence-corrected chi connectivity index (χ2v) is 4.22. The van der Waals surface area contributed by atoms with E-state index in [2.05, 4.69) is 11.9 Å². The molecule has 0 aliphatic carbocycles. The quantitative estimate of drug-likeness (QED) is 0.539. The van der Waals surface area contributed by atoms with Crippen molar-refractivity contribution in [3.63, 3.8) is 0 Å². The molecule has 0 aromatic heterocycles. The maximum Gasteiger partial charge on any atom is 0.124 e. The Hall–Kier alpha value is -0.570. The zero-order chi connectivity index (χ0) is 10.5. The van der Waals surface area contributed by atoms with Gasteiger partial charge in [0, 0.05) is 7.11 Å². The highest BCUT2D eigenvalue weighted by Crippen LogP contribution is 2.09. The van der Waals surface area contributed by atoms with Crippen LogP contribution in [0.15, 0.2) is 4.99 Å². The predicted molar refractivity (Wildman–Crippen MR) is 57.1 cm³/mol. The number of hydrogen-bond donors (Lipinski definition) is 1. The Morgan fingerprint density at radius 3 is 2.31 bits per heavy atom. The number of methoxy groups -OCH3 is 1. The lowest BCUT2D eigenvalue weighted by atomic mass is 10.1. The van der Waals surface area contributed by atoms with Gasteiger partial charge in [0.25, 0.3) is 0 Å². The van der Waals surface area contributed by atoms with Crippen LogP contribution < -0.4 is 5.73 Å². The zero-order valence-electron chi connectivity index (χ0n) is 9.42. The number of amidine groups is 1. The molecule has 0 saturated heterocycles. The number of nitrogens with zero attached hydrogens (tertiary/aromatic N) is 1. The van der Waals surface area contributed by atoms with Crippen LogP contribution in [0.1, 0.15) is 40.5 Å². The Bertz CT molecular complexity index is 170. The predicted octanol–water partition coefficient (Wildman–Crippen LogP) is 1.96. The van der Waals surface area contributed by atoms with Gasteiger partial charge in [-0.25, -0.2) is 0 Å².